The van der Waals surface area contributed by atoms with Gasteiger partial charge in [0, 0.05) is 14.1 Å². The monoisotopic (exact) mass is 350 g/mol. The summed E-state index contributed by atoms with van der Waals surface area (Å²) < 4.78 is 11.0. The standard InChI is InChI=1S/C16H18N2O5S/c1-4-22-12-7-10(8-13-15(20)17-16(21)24-13)5-6-11(12)23-9-14(19)18(2)3/h5-8H,4,9H2,1-3H3,(H,17,20,21)/b13-8-. The molecule has 1 fully saturated rings. The molecule has 0 spiro atoms. The molecular formula is C16H18N2O5S. The fourth-order valence-corrected chi connectivity index (χ4v) is 2.53. The largest absolute Gasteiger partial charge is 0.490 e. The van der Waals surface area contributed by atoms with E-state index in [9.17, 15) is 14.4 Å². The van der Waals surface area contributed by atoms with Gasteiger partial charge in [0.25, 0.3) is 17.1 Å². The van der Waals surface area contributed by atoms with Crippen molar-refractivity contribution in [2.75, 3.05) is 27.3 Å². The molecule has 1 heterocycles. The minimum Gasteiger partial charge on any atom is -0.490 e. The van der Waals surface area contributed by atoms with Gasteiger partial charge in [0.2, 0.25) is 0 Å². The van der Waals surface area contributed by atoms with Crippen LogP contribution >= 0.6 is 11.8 Å². The molecule has 1 aliphatic heterocycles. The van der Waals surface area contributed by atoms with Crippen LogP contribution in [0.4, 0.5) is 4.79 Å². The second-order valence-electron chi connectivity index (χ2n) is 5.07. The number of carbonyl (C=O) groups is 3. The van der Waals surface area contributed by atoms with Gasteiger partial charge in [-0.15, -0.1) is 0 Å². The van der Waals surface area contributed by atoms with Gasteiger partial charge in [-0.1, -0.05) is 6.07 Å². The van der Waals surface area contributed by atoms with E-state index in [1.807, 2.05) is 6.92 Å². The average molecular weight is 350 g/mol. The lowest BCUT2D eigenvalue weighted by Crippen LogP contribution is -2.27. The molecule has 0 aliphatic carbocycles. The second kappa shape index (κ2) is 7.87. The van der Waals surface area contributed by atoms with Crippen LogP contribution in [0, 0.1) is 0 Å². The van der Waals surface area contributed by atoms with E-state index in [0.29, 0.717) is 28.6 Å². The zero-order chi connectivity index (χ0) is 17.7. The Hall–Kier alpha value is -2.48. The smallest absolute Gasteiger partial charge is 0.290 e. The molecule has 3 amide bonds. The minimum absolute atomic E-state index is 0.0970. The van der Waals surface area contributed by atoms with Crippen LogP contribution < -0.4 is 14.8 Å². The predicted molar refractivity (Wildman–Crippen MR) is 90.9 cm³/mol. The molecule has 1 aromatic carbocycles. The van der Waals surface area contributed by atoms with Crippen LogP contribution in [0.3, 0.4) is 0 Å². The number of nitrogens with one attached hydrogen (secondary N) is 1. The lowest BCUT2D eigenvalue weighted by atomic mass is 10.2. The molecule has 8 heteroatoms. The van der Waals surface area contributed by atoms with Crippen molar-refractivity contribution in [2.45, 2.75) is 6.92 Å². The molecule has 0 bridgehead atoms. The van der Waals surface area contributed by atoms with Gasteiger partial charge < -0.3 is 14.4 Å². The molecular weight excluding hydrogens is 332 g/mol. The average Bonchev–Trinajstić information content (AvgIpc) is 2.84. The highest BCUT2D eigenvalue weighted by atomic mass is 32.2. The van der Waals surface area contributed by atoms with Gasteiger partial charge in [-0.2, -0.15) is 0 Å². The fraction of sp³-hybridized carbons (Fsp3) is 0.312. The second-order valence-corrected chi connectivity index (χ2v) is 6.08. The molecule has 2 rings (SSSR count). The quantitative estimate of drug-likeness (QED) is 0.789. The van der Waals surface area contributed by atoms with E-state index >= 15 is 0 Å². The molecule has 1 aromatic rings. The molecule has 1 N–H and O–H groups in total. The highest BCUT2D eigenvalue weighted by Gasteiger charge is 2.25. The normalized spacial score (nSPS) is 15.4. The zero-order valence-corrected chi connectivity index (χ0v) is 14.4. The van der Waals surface area contributed by atoms with Crippen LogP contribution in [0.25, 0.3) is 6.08 Å². The third-order valence-corrected chi connectivity index (χ3v) is 3.87. The summed E-state index contributed by atoms with van der Waals surface area (Å²) in [6, 6.07) is 5.09. The highest BCUT2D eigenvalue weighted by molar-refractivity contribution is 8.18. The van der Waals surface area contributed by atoms with E-state index in [2.05, 4.69) is 5.32 Å². The maximum absolute atomic E-state index is 11.6. The number of hydrogen-bond donors (Lipinski definition) is 1. The van der Waals surface area contributed by atoms with E-state index in [0.717, 1.165) is 11.8 Å². The third kappa shape index (κ3) is 4.51. The van der Waals surface area contributed by atoms with Crippen molar-refractivity contribution in [3.63, 3.8) is 0 Å². The minimum atomic E-state index is -0.417. The number of amides is 3. The molecule has 24 heavy (non-hydrogen) atoms. The van der Waals surface area contributed by atoms with Crippen molar-refractivity contribution >= 4 is 34.9 Å². The summed E-state index contributed by atoms with van der Waals surface area (Å²) in [5, 5.41) is 1.81. The zero-order valence-electron chi connectivity index (χ0n) is 13.6. The Morgan fingerprint density at radius 3 is 2.58 bits per heavy atom. The van der Waals surface area contributed by atoms with Gasteiger partial charge in [-0.05, 0) is 42.5 Å². The van der Waals surface area contributed by atoms with Gasteiger partial charge in [-0.3, -0.25) is 19.7 Å². The summed E-state index contributed by atoms with van der Waals surface area (Å²) in [7, 11) is 3.30. The van der Waals surface area contributed by atoms with Gasteiger partial charge in [0.1, 0.15) is 0 Å². The molecule has 0 unspecified atom stereocenters. The van der Waals surface area contributed by atoms with E-state index in [-0.39, 0.29) is 12.5 Å². The van der Waals surface area contributed by atoms with Crippen LogP contribution in [0.1, 0.15) is 12.5 Å². The topological polar surface area (TPSA) is 84.9 Å². The third-order valence-electron chi connectivity index (χ3n) is 3.06. The van der Waals surface area contributed by atoms with Crippen molar-refractivity contribution < 1.29 is 23.9 Å². The van der Waals surface area contributed by atoms with Crippen molar-refractivity contribution in [3.8, 4) is 11.5 Å². The summed E-state index contributed by atoms with van der Waals surface area (Å²) in [6.07, 6.45) is 1.60. The molecule has 0 radical (unpaired) electrons. The Morgan fingerprint density at radius 1 is 1.25 bits per heavy atom. The van der Waals surface area contributed by atoms with E-state index in [1.165, 1.54) is 4.90 Å². The first kappa shape index (κ1) is 17.9. The molecule has 0 saturated carbocycles. The fourth-order valence-electron chi connectivity index (χ4n) is 1.84. The summed E-state index contributed by atoms with van der Waals surface area (Å²) in [5.41, 5.74) is 0.692. The van der Waals surface area contributed by atoms with Gasteiger partial charge >= 0.3 is 0 Å². The first-order chi connectivity index (χ1) is 11.4. The molecule has 7 nitrogen and oxygen atoms in total. The summed E-state index contributed by atoms with van der Waals surface area (Å²) in [5.74, 6) is 0.322. The molecule has 128 valence electrons. The Balaban J connectivity index is 2.20. The molecule has 1 aliphatic rings. The Morgan fingerprint density at radius 2 is 2.00 bits per heavy atom. The van der Waals surface area contributed by atoms with Gasteiger partial charge in [0.05, 0.1) is 11.5 Å². The van der Waals surface area contributed by atoms with Crippen LogP contribution in [0.15, 0.2) is 23.1 Å². The van der Waals surface area contributed by atoms with Crippen molar-refractivity contribution in [3.05, 3.63) is 28.7 Å². The maximum Gasteiger partial charge on any atom is 0.290 e. The first-order valence-electron chi connectivity index (χ1n) is 7.25. The summed E-state index contributed by atoms with van der Waals surface area (Å²) in [6.45, 7) is 2.16. The first-order valence-corrected chi connectivity index (χ1v) is 8.07. The van der Waals surface area contributed by atoms with Gasteiger partial charge in [0.15, 0.2) is 18.1 Å². The van der Waals surface area contributed by atoms with Crippen LogP contribution in [0.5, 0.6) is 11.5 Å². The summed E-state index contributed by atoms with van der Waals surface area (Å²) >= 11 is 0.849. The van der Waals surface area contributed by atoms with Crippen LogP contribution in [-0.4, -0.2) is 49.3 Å². The van der Waals surface area contributed by atoms with E-state index in [1.54, 1.807) is 38.4 Å². The lowest BCUT2D eigenvalue weighted by molar-refractivity contribution is -0.130. The van der Waals surface area contributed by atoms with Crippen molar-refractivity contribution in [1.82, 2.24) is 10.2 Å². The number of rotatable bonds is 6. The van der Waals surface area contributed by atoms with Gasteiger partial charge in [-0.25, -0.2) is 0 Å². The SMILES string of the molecule is CCOc1cc(/C=C2\SC(=O)NC2=O)ccc1OCC(=O)N(C)C. The Labute approximate surface area is 144 Å². The predicted octanol–water partition coefficient (Wildman–Crippen LogP) is 1.88. The van der Waals surface area contributed by atoms with Crippen LogP contribution in [-0.2, 0) is 9.59 Å². The molecule has 0 aromatic heterocycles. The maximum atomic E-state index is 11.6. The highest BCUT2D eigenvalue weighted by Crippen LogP contribution is 2.31. The number of carbonyl (C=O) groups excluding carboxylic acids is 3. The van der Waals surface area contributed by atoms with E-state index < -0.39 is 11.1 Å². The molecule has 1 saturated heterocycles. The Bertz CT molecular complexity index is 700. The number of imide groups is 1. The number of nitrogens with zero attached hydrogens (tertiary/aromatic N) is 1. The Kier molecular flexibility index (Phi) is 5.86. The number of thioether (sulfide) groups is 1. The number of likely N-dealkylation sites (N-methyl/N-ethyl adjacent to an activating group) is 1. The number of benzene rings is 1. The lowest BCUT2D eigenvalue weighted by Gasteiger charge is -2.14. The van der Waals surface area contributed by atoms with E-state index in [4.69, 9.17) is 9.47 Å². The van der Waals surface area contributed by atoms with Crippen molar-refractivity contribution in [1.29, 1.82) is 0 Å². The summed E-state index contributed by atoms with van der Waals surface area (Å²) in [4.78, 5) is 36.2. The molecule has 0 atom stereocenters. The number of ether oxygens (including phenoxy) is 2. The van der Waals surface area contributed by atoms with Crippen molar-refractivity contribution in [2.24, 2.45) is 0 Å². The number of hydrogen-bond acceptors (Lipinski definition) is 6. The van der Waals surface area contributed by atoms with Crippen LogP contribution in [0.2, 0.25) is 0 Å².